The van der Waals surface area contributed by atoms with E-state index in [0.717, 1.165) is 31.2 Å². The van der Waals surface area contributed by atoms with Gasteiger partial charge in [0.1, 0.15) is 5.69 Å². The highest BCUT2D eigenvalue weighted by Gasteiger charge is 2.24. The summed E-state index contributed by atoms with van der Waals surface area (Å²) in [7, 11) is 0. The smallest absolute Gasteiger partial charge is 0.273 e. The number of furan rings is 1. The first kappa shape index (κ1) is 14.3. The highest BCUT2D eigenvalue weighted by molar-refractivity contribution is 7.13. The van der Waals surface area contributed by atoms with Crippen molar-refractivity contribution in [2.45, 2.75) is 13.3 Å². The van der Waals surface area contributed by atoms with Gasteiger partial charge in [-0.05, 0) is 25.5 Å². The predicted octanol–water partition coefficient (Wildman–Crippen LogP) is 2.90. The summed E-state index contributed by atoms with van der Waals surface area (Å²) >= 11 is 1.43. The maximum atomic E-state index is 12.5. The molecule has 1 saturated heterocycles. The minimum Gasteiger partial charge on any atom is -0.462 e. The van der Waals surface area contributed by atoms with Gasteiger partial charge in [0.2, 0.25) is 0 Å². The van der Waals surface area contributed by atoms with Gasteiger partial charge in [0.25, 0.3) is 5.91 Å². The van der Waals surface area contributed by atoms with E-state index in [9.17, 15) is 4.79 Å². The van der Waals surface area contributed by atoms with Crippen molar-refractivity contribution in [3.8, 4) is 10.8 Å². The average molecular weight is 306 g/mol. The third-order valence-electron chi connectivity index (χ3n) is 3.63. The van der Waals surface area contributed by atoms with Crippen LogP contribution in [0, 0.1) is 5.92 Å². The van der Waals surface area contributed by atoms with Crippen LogP contribution in [0.1, 0.15) is 23.8 Å². The zero-order valence-electron chi connectivity index (χ0n) is 11.9. The van der Waals surface area contributed by atoms with Crippen LogP contribution in [0.3, 0.4) is 0 Å². The molecular weight excluding hydrogens is 288 g/mol. The van der Waals surface area contributed by atoms with E-state index in [2.05, 4.69) is 4.98 Å². The van der Waals surface area contributed by atoms with Crippen molar-refractivity contribution in [2.75, 3.05) is 26.3 Å². The summed E-state index contributed by atoms with van der Waals surface area (Å²) in [5.41, 5.74) is 0.493. The molecule has 5 nitrogen and oxygen atoms in total. The Morgan fingerprint density at radius 2 is 2.48 bits per heavy atom. The van der Waals surface area contributed by atoms with E-state index in [0.29, 0.717) is 23.9 Å². The lowest BCUT2D eigenvalue weighted by atomic mass is 10.1. The first-order chi connectivity index (χ1) is 10.3. The summed E-state index contributed by atoms with van der Waals surface area (Å²) in [6, 6.07) is 3.66. The fraction of sp³-hybridized carbons (Fsp3) is 0.467. The van der Waals surface area contributed by atoms with Gasteiger partial charge < -0.3 is 14.1 Å². The largest absolute Gasteiger partial charge is 0.462 e. The second-order valence-electron chi connectivity index (χ2n) is 5.09. The number of rotatable bonds is 5. The van der Waals surface area contributed by atoms with Crippen LogP contribution < -0.4 is 0 Å². The Kier molecular flexibility index (Phi) is 4.36. The Labute approximate surface area is 127 Å². The molecule has 0 N–H and O–H groups in total. The number of carbonyl (C=O) groups is 1. The van der Waals surface area contributed by atoms with Gasteiger partial charge in [0, 0.05) is 31.0 Å². The average Bonchev–Trinajstić information content (AvgIpc) is 3.25. The first-order valence-electron chi connectivity index (χ1n) is 7.14. The van der Waals surface area contributed by atoms with Gasteiger partial charge in [-0.3, -0.25) is 4.79 Å². The number of ether oxygens (including phenoxy) is 1. The van der Waals surface area contributed by atoms with Gasteiger partial charge >= 0.3 is 0 Å². The van der Waals surface area contributed by atoms with Gasteiger partial charge in [0.05, 0.1) is 12.9 Å². The Hall–Kier alpha value is -1.66. The molecule has 0 aliphatic carbocycles. The molecule has 3 heterocycles. The fourth-order valence-corrected chi connectivity index (χ4v) is 3.20. The quantitative estimate of drug-likeness (QED) is 0.852. The molecule has 112 valence electrons. The van der Waals surface area contributed by atoms with E-state index < -0.39 is 0 Å². The number of nitrogens with zero attached hydrogens (tertiary/aromatic N) is 2. The van der Waals surface area contributed by atoms with Gasteiger partial charge in [-0.25, -0.2) is 4.98 Å². The summed E-state index contributed by atoms with van der Waals surface area (Å²) in [6.45, 7) is 4.97. The van der Waals surface area contributed by atoms with Crippen molar-refractivity contribution in [3.05, 3.63) is 29.5 Å². The van der Waals surface area contributed by atoms with Crippen molar-refractivity contribution < 1.29 is 13.9 Å². The fourth-order valence-electron chi connectivity index (χ4n) is 2.44. The number of amides is 1. The summed E-state index contributed by atoms with van der Waals surface area (Å²) in [5, 5.41) is 2.54. The molecule has 0 saturated carbocycles. The Balaban J connectivity index is 1.70. The van der Waals surface area contributed by atoms with Gasteiger partial charge in [0.15, 0.2) is 10.8 Å². The Morgan fingerprint density at radius 1 is 1.57 bits per heavy atom. The van der Waals surface area contributed by atoms with Crippen molar-refractivity contribution in [1.82, 2.24) is 9.88 Å². The normalized spacial score (nSPS) is 18.0. The van der Waals surface area contributed by atoms with Gasteiger partial charge in [-0.2, -0.15) is 0 Å². The SMILES string of the molecule is CCN(C[C@H]1CCOC1)C(=O)c1csc(-c2ccco2)n1. The molecule has 0 aromatic carbocycles. The minimum atomic E-state index is -0.0153. The lowest BCUT2D eigenvalue weighted by Crippen LogP contribution is -2.35. The monoisotopic (exact) mass is 306 g/mol. The lowest BCUT2D eigenvalue weighted by Gasteiger charge is -2.22. The summed E-state index contributed by atoms with van der Waals surface area (Å²) < 4.78 is 10.7. The van der Waals surface area contributed by atoms with Crippen LogP contribution in [0.25, 0.3) is 10.8 Å². The molecule has 0 radical (unpaired) electrons. The molecular formula is C15H18N2O3S. The van der Waals surface area contributed by atoms with E-state index >= 15 is 0 Å². The molecule has 2 aromatic heterocycles. The highest BCUT2D eigenvalue weighted by Crippen LogP contribution is 2.25. The van der Waals surface area contributed by atoms with Crippen molar-refractivity contribution in [3.63, 3.8) is 0 Å². The van der Waals surface area contributed by atoms with E-state index in [4.69, 9.17) is 9.15 Å². The number of carbonyl (C=O) groups excluding carboxylic acids is 1. The second-order valence-corrected chi connectivity index (χ2v) is 5.95. The van der Waals surface area contributed by atoms with E-state index in [1.165, 1.54) is 11.3 Å². The zero-order valence-corrected chi connectivity index (χ0v) is 12.8. The molecule has 0 spiro atoms. The highest BCUT2D eigenvalue weighted by atomic mass is 32.1. The second kappa shape index (κ2) is 6.41. The number of hydrogen-bond acceptors (Lipinski definition) is 5. The molecule has 0 unspecified atom stereocenters. The molecule has 1 aliphatic rings. The molecule has 1 fully saturated rings. The van der Waals surface area contributed by atoms with Crippen LogP contribution in [-0.4, -0.2) is 42.1 Å². The van der Waals surface area contributed by atoms with E-state index in [-0.39, 0.29) is 5.91 Å². The van der Waals surface area contributed by atoms with Crippen LogP contribution in [0.15, 0.2) is 28.2 Å². The van der Waals surface area contributed by atoms with Gasteiger partial charge in [-0.15, -0.1) is 11.3 Å². The van der Waals surface area contributed by atoms with Crippen LogP contribution in [0.4, 0.5) is 0 Å². The van der Waals surface area contributed by atoms with Crippen LogP contribution in [-0.2, 0) is 4.74 Å². The minimum absolute atomic E-state index is 0.0153. The van der Waals surface area contributed by atoms with Gasteiger partial charge in [-0.1, -0.05) is 0 Å². The number of aromatic nitrogens is 1. The molecule has 1 atom stereocenters. The number of thiazole rings is 1. The maximum Gasteiger partial charge on any atom is 0.273 e. The third-order valence-corrected chi connectivity index (χ3v) is 4.48. The third kappa shape index (κ3) is 3.16. The van der Waals surface area contributed by atoms with Crippen molar-refractivity contribution >= 4 is 17.2 Å². The molecule has 21 heavy (non-hydrogen) atoms. The molecule has 2 aromatic rings. The molecule has 1 aliphatic heterocycles. The Bertz CT molecular complexity index is 588. The molecule has 1 amide bonds. The first-order valence-corrected chi connectivity index (χ1v) is 8.02. The predicted molar refractivity (Wildman–Crippen MR) is 80.3 cm³/mol. The van der Waals surface area contributed by atoms with Crippen LogP contribution in [0.5, 0.6) is 0 Å². The van der Waals surface area contributed by atoms with Crippen molar-refractivity contribution in [1.29, 1.82) is 0 Å². The maximum absolute atomic E-state index is 12.5. The molecule has 0 bridgehead atoms. The molecule has 6 heteroatoms. The van der Waals surface area contributed by atoms with Crippen LogP contribution >= 0.6 is 11.3 Å². The standard InChI is InChI=1S/C15H18N2O3S/c1-2-17(8-11-5-7-19-9-11)15(18)12-10-21-14(16-12)13-4-3-6-20-13/h3-4,6,10-11H,2,5,7-9H2,1H3/t11-/m1/s1. The zero-order chi connectivity index (χ0) is 14.7. The summed E-state index contributed by atoms with van der Waals surface area (Å²) in [4.78, 5) is 18.8. The van der Waals surface area contributed by atoms with E-state index in [1.54, 1.807) is 11.6 Å². The number of hydrogen-bond donors (Lipinski definition) is 0. The Morgan fingerprint density at radius 3 is 3.14 bits per heavy atom. The van der Waals surface area contributed by atoms with Crippen molar-refractivity contribution in [2.24, 2.45) is 5.92 Å². The lowest BCUT2D eigenvalue weighted by molar-refractivity contribution is 0.0726. The van der Waals surface area contributed by atoms with E-state index in [1.807, 2.05) is 24.0 Å². The topological polar surface area (TPSA) is 55.6 Å². The summed E-state index contributed by atoms with van der Waals surface area (Å²) in [5.74, 6) is 1.13. The molecule has 3 rings (SSSR count). The van der Waals surface area contributed by atoms with Crippen LogP contribution in [0.2, 0.25) is 0 Å². The summed E-state index contributed by atoms with van der Waals surface area (Å²) in [6.07, 6.45) is 2.63.